The number of pyridine rings is 3. The van der Waals surface area contributed by atoms with Gasteiger partial charge < -0.3 is 45.9 Å². The van der Waals surface area contributed by atoms with Crippen molar-refractivity contribution in [3.05, 3.63) is 189 Å². The van der Waals surface area contributed by atoms with Gasteiger partial charge in [-0.3, -0.25) is 24.9 Å². The monoisotopic (exact) mass is 1720 g/mol. The second-order valence-corrected chi connectivity index (χ2v) is 32.1. The van der Waals surface area contributed by atoms with Gasteiger partial charge in [-0.2, -0.15) is 15.3 Å². The molecule has 110 heavy (non-hydrogen) atoms. The van der Waals surface area contributed by atoms with Gasteiger partial charge in [-0.25, -0.2) is 29.2 Å². The smallest absolute Gasteiger partial charge is 0.410 e. The molecule has 1 atom stereocenters. The first-order chi connectivity index (χ1) is 52.6. The minimum absolute atomic E-state index is 0.0802. The van der Waals surface area contributed by atoms with E-state index in [4.69, 9.17) is 153 Å². The molecule has 3 saturated heterocycles. The van der Waals surface area contributed by atoms with Crippen molar-refractivity contribution in [3.8, 4) is 51.0 Å². The number of benzene rings is 3. The van der Waals surface area contributed by atoms with Crippen molar-refractivity contribution in [2.45, 2.75) is 140 Å². The molecule has 0 spiro atoms. The lowest BCUT2D eigenvalue weighted by Gasteiger charge is -2.33. The summed E-state index contributed by atoms with van der Waals surface area (Å²) >= 11 is 65.8. The molecule has 0 bridgehead atoms. The zero-order chi connectivity index (χ0) is 78.8. The highest BCUT2D eigenvalue weighted by atomic mass is 35.5. The van der Waals surface area contributed by atoms with Crippen LogP contribution < -0.4 is 26.3 Å². The number of ether oxygens (including phenoxy) is 3. The molecule has 23 nitrogen and oxygen atoms in total. The van der Waals surface area contributed by atoms with Gasteiger partial charge >= 0.3 is 6.09 Å². The third kappa shape index (κ3) is 25.4. The summed E-state index contributed by atoms with van der Waals surface area (Å²) in [5, 5.41) is 38.5. The number of H-pyrrole nitrogens is 3. The fraction of sp³-hybridized carbons (Fsp3) is 0.395. The number of nitrogens with two attached hydrogens (primary N) is 2. The largest absolute Gasteiger partial charge is 0.508 e. The van der Waals surface area contributed by atoms with Gasteiger partial charge in [-0.1, -0.05) is 124 Å². The molecule has 3 aliphatic heterocycles. The number of hydrogen-bond acceptors (Lipinski definition) is 15. The van der Waals surface area contributed by atoms with Crippen LogP contribution in [0.1, 0.15) is 143 Å². The summed E-state index contributed by atoms with van der Waals surface area (Å²) in [6.45, 7) is 10.3. The average Bonchev–Trinajstić information content (AvgIpc) is 1.75. The Bertz CT molecular complexity index is 4560. The van der Waals surface area contributed by atoms with E-state index in [-0.39, 0.29) is 54.6 Å². The molecular formula is C76H83Cl11N16O7. The number of guanidine groups is 1. The Morgan fingerprint density at radius 1 is 0.536 bits per heavy atom. The molecule has 9 heterocycles. The number of carbonyl (C=O) groups is 3. The van der Waals surface area contributed by atoms with E-state index in [1.165, 1.54) is 6.07 Å². The van der Waals surface area contributed by atoms with Gasteiger partial charge in [0.15, 0.2) is 5.96 Å². The van der Waals surface area contributed by atoms with Crippen LogP contribution in [-0.4, -0.2) is 146 Å². The number of aromatic amines is 3. The van der Waals surface area contributed by atoms with Crippen LogP contribution in [0.4, 0.5) is 4.79 Å². The van der Waals surface area contributed by atoms with Crippen LogP contribution in [0, 0.1) is 5.92 Å². The Morgan fingerprint density at radius 3 is 1.32 bits per heavy atom. The van der Waals surface area contributed by atoms with Crippen LogP contribution >= 0.6 is 128 Å². The number of aromatic nitrogens is 9. The molecule has 1 aliphatic carbocycles. The second-order valence-electron chi connectivity index (χ2n) is 27.8. The standard InChI is InChI=1S/C31H37Cl3N8O3.C20H18Cl4N4O.C19H24ClN3O3.C6H4Cl3N/c32-23-14-21(45-17-18-12-26(33)38-27(34)13-18)6-7-22(23)25-15-24(40-41-25)19-8-10-42(11-9-19)28(43)16-37-30(44)29(39-31(35)36)20-4-2-1-3-5-20;21-16-9-14(29-11-12-7-19(22)25-20(23)8-12)1-2-15(16)18-10-17(26-27-18)13-3-5-28(24)6-4-13;1-19(2,3)26-18(25)23-8-6-12(7-9-23)16-11-17(22-21-16)14-5-4-13(24)10-15(14)20;7-3-4-1-5(8)10-6(9)2-4/h6-7,12-15,19-20,29H,1-5,8-11,16-17H2,(H,37,44)(H,40,41)(H4,35,36,39);1-2,7-10,13H,3-6,11H2,(H,26,27);4-5,10-12,24H,6-9H2,1-3H3,(H,21,22);1-2H,3H2/t29-;;;/m1.../s1. The molecule has 0 radical (unpaired) electrons. The number of nitrogens with zero attached hydrogens (tertiary/aromatic N) is 10. The average molecular weight is 1720 g/mol. The molecule has 13 rings (SSSR count). The van der Waals surface area contributed by atoms with E-state index in [0.29, 0.717) is 108 Å². The summed E-state index contributed by atoms with van der Waals surface area (Å²) in [5.74, 6) is 2.29. The van der Waals surface area contributed by atoms with Crippen LogP contribution in [-0.2, 0) is 33.4 Å². The number of phenols is 1. The molecular weight excluding hydrogens is 1640 g/mol. The summed E-state index contributed by atoms with van der Waals surface area (Å²) in [6, 6.07) is 31.4. The van der Waals surface area contributed by atoms with Gasteiger partial charge in [0.2, 0.25) is 11.8 Å². The van der Waals surface area contributed by atoms with Crippen molar-refractivity contribution >= 4 is 152 Å². The summed E-state index contributed by atoms with van der Waals surface area (Å²) in [5.41, 5.74) is 21.1. The summed E-state index contributed by atoms with van der Waals surface area (Å²) in [7, 11) is 0. The van der Waals surface area contributed by atoms with E-state index in [2.05, 4.69) is 61.9 Å². The lowest BCUT2D eigenvalue weighted by Crippen LogP contribution is -2.47. The van der Waals surface area contributed by atoms with Gasteiger partial charge in [0.05, 0.1) is 38.7 Å². The van der Waals surface area contributed by atoms with E-state index in [1.807, 2.05) is 61.6 Å². The Kier molecular flexibility index (Phi) is 31.4. The zero-order valence-electron chi connectivity index (χ0n) is 60.3. The number of phenolic OH excluding ortho intramolecular Hbond substituents is 1. The number of piperidine rings is 3. The maximum atomic E-state index is 12.9. The first-order valence-corrected chi connectivity index (χ1v) is 39.9. The van der Waals surface area contributed by atoms with Gasteiger partial charge in [0, 0.05) is 96.7 Å². The van der Waals surface area contributed by atoms with Crippen molar-refractivity contribution in [2.75, 3.05) is 45.8 Å². The van der Waals surface area contributed by atoms with E-state index < -0.39 is 11.6 Å². The number of aliphatic imine (C=N–C) groups is 1. The van der Waals surface area contributed by atoms with Gasteiger partial charge in [0.1, 0.15) is 73.0 Å². The number of rotatable bonds is 18. The first-order valence-electron chi connectivity index (χ1n) is 35.6. The number of nitrogens with one attached hydrogen (secondary N) is 4. The van der Waals surface area contributed by atoms with Crippen LogP contribution in [0.5, 0.6) is 17.2 Å². The van der Waals surface area contributed by atoms with Gasteiger partial charge in [0.25, 0.3) is 0 Å². The Labute approximate surface area is 693 Å². The zero-order valence-corrected chi connectivity index (χ0v) is 68.6. The maximum absolute atomic E-state index is 12.9. The van der Waals surface area contributed by atoms with Gasteiger partial charge in [-0.05, 0) is 216 Å². The summed E-state index contributed by atoms with van der Waals surface area (Å²) in [6.07, 6.45) is 10.1. The Hall–Kier alpha value is -7.23. The predicted octanol–water partition coefficient (Wildman–Crippen LogP) is 19.1. The number of alkyl halides is 1. The maximum Gasteiger partial charge on any atom is 0.410 e. The highest BCUT2D eigenvalue weighted by Gasteiger charge is 2.33. The number of aromatic hydroxyl groups is 1. The molecule has 0 unspecified atom stereocenters. The molecule has 34 heteroatoms. The van der Waals surface area contributed by atoms with E-state index >= 15 is 0 Å². The number of halogens is 11. The van der Waals surface area contributed by atoms with Crippen molar-refractivity contribution in [3.63, 3.8) is 0 Å². The number of hydrogen-bond donors (Lipinski definition) is 7. The van der Waals surface area contributed by atoms with E-state index in [0.717, 1.165) is 151 Å². The first kappa shape index (κ1) is 85.2. The molecule has 4 aliphatic rings. The molecule has 6 aromatic heterocycles. The van der Waals surface area contributed by atoms with Crippen LogP contribution in [0.2, 0.25) is 46.0 Å². The fourth-order valence-corrected chi connectivity index (χ4v) is 15.8. The number of carbonyl (C=O) groups excluding carboxylic acids is 3. The molecule has 9 N–H and O–H groups in total. The second kappa shape index (κ2) is 40.5. The lowest BCUT2D eigenvalue weighted by atomic mass is 9.83. The Morgan fingerprint density at radius 2 is 0.927 bits per heavy atom. The van der Waals surface area contributed by atoms with E-state index in [9.17, 15) is 19.5 Å². The predicted molar refractivity (Wildman–Crippen MR) is 437 cm³/mol. The minimum Gasteiger partial charge on any atom is -0.508 e. The highest BCUT2D eigenvalue weighted by Crippen LogP contribution is 2.39. The van der Waals surface area contributed by atoms with Crippen molar-refractivity contribution in [2.24, 2.45) is 22.4 Å². The third-order valence-electron chi connectivity index (χ3n) is 18.7. The normalized spacial score (nSPS) is 15.6. The molecule has 586 valence electrons. The van der Waals surface area contributed by atoms with Crippen LogP contribution in [0.15, 0.2) is 114 Å². The van der Waals surface area contributed by atoms with Crippen LogP contribution in [0.25, 0.3) is 33.8 Å². The van der Waals surface area contributed by atoms with Gasteiger partial charge in [-0.15, -0.1) is 11.6 Å². The lowest BCUT2D eigenvalue weighted by molar-refractivity contribution is -0.134. The topological polar surface area (TPSA) is 310 Å². The quantitative estimate of drug-likeness (QED) is 0.0138. The molecule has 1 saturated carbocycles. The SMILES string of the molecule is CC(C)(C)OC(=O)N1CCC(c2cc(-c3ccc(O)cc3Cl)n[nH]2)CC1.ClCc1cc(Cl)nc(Cl)c1.Clc1cc(COc2ccc(-c3cc(C4CCN(Cl)CC4)[nH]n3)c(Cl)c2)cc(Cl)n1.NC(N)=N[C@@H](C(=O)NCC(=O)N1CCC(c2cc(-c3ccc(OCc4cc(Cl)nc(Cl)c4)cc3Cl)n[nH]2)CC1)C1CCCCC1. The fourth-order valence-electron chi connectivity index (χ4n) is 13.1. The van der Waals surface area contributed by atoms with Crippen molar-refractivity contribution in [1.29, 1.82) is 0 Å². The molecule has 9 aromatic rings. The molecule has 4 fully saturated rings. The third-order valence-corrected chi connectivity index (χ3v) is 21.5. The molecule has 3 amide bonds. The number of amides is 3. The summed E-state index contributed by atoms with van der Waals surface area (Å²) < 4.78 is 18.9. The van der Waals surface area contributed by atoms with Crippen LogP contribution in [0.3, 0.4) is 0 Å². The van der Waals surface area contributed by atoms with E-state index in [1.54, 1.807) is 70.5 Å². The van der Waals surface area contributed by atoms with Crippen molar-refractivity contribution < 1.29 is 33.7 Å². The highest BCUT2D eigenvalue weighted by molar-refractivity contribution is 6.35. The molecule has 3 aromatic carbocycles. The minimum atomic E-state index is -0.660. The van der Waals surface area contributed by atoms with Crippen molar-refractivity contribution in [1.82, 2.24) is 65.1 Å². The summed E-state index contributed by atoms with van der Waals surface area (Å²) in [4.78, 5) is 57.4. The Balaban J connectivity index is 0.000000171. The number of likely N-dealkylation sites (tertiary alicyclic amines) is 2.